The molecule has 1 aliphatic carbocycles. The van der Waals surface area contributed by atoms with E-state index in [1.807, 2.05) is 13.0 Å². The largest absolute Gasteiger partial charge is 0.361 e. The molecule has 2 atom stereocenters. The van der Waals surface area contributed by atoms with Crippen LogP contribution in [0.3, 0.4) is 0 Å². The molecule has 2 aromatic rings. The highest BCUT2D eigenvalue weighted by Gasteiger charge is 2.22. The third kappa shape index (κ3) is 5.03. The summed E-state index contributed by atoms with van der Waals surface area (Å²) in [5.74, 6) is 1.08. The Bertz CT molecular complexity index is 871. The van der Waals surface area contributed by atoms with Crippen molar-refractivity contribution >= 4 is 17.5 Å². The summed E-state index contributed by atoms with van der Waals surface area (Å²) in [6.07, 6.45) is 4.56. The van der Waals surface area contributed by atoms with Gasteiger partial charge in [-0.1, -0.05) is 17.6 Å². The Morgan fingerprint density at radius 1 is 1.17 bits per heavy atom. The molecular weight excluding hydrogens is 368 g/mol. The molecule has 3 rings (SSSR count). The number of benzene rings is 1. The number of aryl methyl sites for hydroxylation is 3. The first-order valence-corrected chi connectivity index (χ1v) is 10.2. The number of nitrogens with one attached hydrogen (secondary N) is 2. The van der Waals surface area contributed by atoms with Crippen molar-refractivity contribution in [3.63, 3.8) is 0 Å². The summed E-state index contributed by atoms with van der Waals surface area (Å²) in [6, 6.07) is 5.33. The normalized spacial score (nSPS) is 19.0. The first-order valence-electron chi connectivity index (χ1n) is 10.2. The number of carbonyl (C=O) groups excluding carboxylic acids is 2. The molecule has 1 aromatic heterocycles. The molecule has 2 amide bonds. The minimum atomic E-state index is -0.294. The standard InChI is InChI=1S/C22H30N4O3/c1-13-7-8-18(21(27)24-12-17-6-4-5-16(9-17)11-23)10-19(13)25-22(28)20-14(2)26-29-15(20)3/h7-8,10,16-17H,4-6,9,11-12,23H2,1-3H3,(H,24,27)(H,25,28). The van der Waals surface area contributed by atoms with Crippen molar-refractivity contribution in [3.05, 3.63) is 46.3 Å². The number of hydrogen-bond donors (Lipinski definition) is 3. The van der Waals surface area contributed by atoms with E-state index >= 15 is 0 Å². The molecule has 7 nitrogen and oxygen atoms in total. The molecule has 156 valence electrons. The SMILES string of the molecule is Cc1ccc(C(=O)NCC2CCCC(CN)C2)cc1NC(=O)c1c(C)noc1C. The van der Waals surface area contributed by atoms with E-state index in [2.05, 4.69) is 15.8 Å². The van der Waals surface area contributed by atoms with Gasteiger partial charge in [0.2, 0.25) is 0 Å². The van der Waals surface area contributed by atoms with Crippen molar-refractivity contribution in [3.8, 4) is 0 Å². The number of hydrogen-bond acceptors (Lipinski definition) is 5. The smallest absolute Gasteiger partial charge is 0.261 e. The van der Waals surface area contributed by atoms with Gasteiger partial charge >= 0.3 is 0 Å². The van der Waals surface area contributed by atoms with E-state index in [1.165, 1.54) is 12.8 Å². The lowest BCUT2D eigenvalue weighted by molar-refractivity contribution is 0.0939. The second kappa shape index (κ2) is 9.22. The Balaban J connectivity index is 1.65. The minimum Gasteiger partial charge on any atom is -0.361 e. The lowest BCUT2D eigenvalue weighted by Gasteiger charge is -2.28. The third-order valence-electron chi connectivity index (χ3n) is 5.78. The number of nitrogens with zero attached hydrogens (tertiary/aromatic N) is 1. The van der Waals surface area contributed by atoms with E-state index in [9.17, 15) is 9.59 Å². The fourth-order valence-electron chi connectivity index (χ4n) is 4.03. The van der Waals surface area contributed by atoms with Gasteiger partial charge in [0.1, 0.15) is 11.3 Å². The lowest BCUT2D eigenvalue weighted by atomic mass is 9.81. The van der Waals surface area contributed by atoms with E-state index in [1.54, 1.807) is 26.0 Å². The summed E-state index contributed by atoms with van der Waals surface area (Å²) in [4.78, 5) is 25.3. The van der Waals surface area contributed by atoms with Gasteiger partial charge < -0.3 is 20.9 Å². The van der Waals surface area contributed by atoms with Crippen LogP contribution in [-0.4, -0.2) is 30.1 Å². The second-order valence-electron chi connectivity index (χ2n) is 8.03. The van der Waals surface area contributed by atoms with E-state index in [4.69, 9.17) is 10.3 Å². The van der Waals surface area contributed by atoms with Crippen LogP contribution in [0.15, 0.2) is 22.7 Å². The van der Waals surface area contributed by atoms with Gasteiger partial charge in [-0.15, -0.1) is 0 Å². The zero-order chi connectivity index (χ0) is 21.0. The number of aromatic nitrogens is 1. The van der Waals surface area contributed by atoms with E-state index in [0.717, 1.165) is 24.9 Å². The molecule has 1 aromatic carbocycles. The number of amides is 2. The first kappa shape index (κ1) is 21.0. The fraction of sp³-hybridized carbons (Fsp3) is 0.500. The van der Waals surface area contributed by atoms with Crippen LogP contribution in [-0.2, 0) is 0 Å². The second-order valence-corrected chi connectivity index (χ2v) is 8.03. The van der Waals surface area contributed by atoms with E-state index in [0.29, 0.717) is 46.6 Å². The van der Waals surface area contributed by atoms with Crippen LogP contribution < -0.4 is 16.4 Å². The predicted molar refractivity (Wildman–Crippen MR) is 112 cm³/mol. The Labute approximate surface area is 171 Å². The molecule has 0 bridgehead atoms. The van der Waals surface area contributed by atoms with Crippen LogP contribution >= 0.6 is 0 Å². The summed E-state index contributed by atoms with van der Waals surface area (Å²) < 4.78 is 5.07. The Morgan fingerprint density at radius 2 is 1.93 bits per heavy atom. The Morgan fingerprint density at radius 3 is 2.62 bits per heavy atom. The molecular formula is C22H30N4O3. The summed E-state index contributed by atoms with van der Waals surface area (Å²) in [5, 5.41) is 9.74. The predicted octanol–water partition coefficient (Wildman–Crippen LogP) is 3.35. The van der Waals surface area contributed by atoms with Crippen molar-refractivity contribution in [1.82, 2.24) is 10.5 Å². The zero-order valence-corrected chi connectivity index (χ0v) is 17.4. The maximum Gasteiger partial charge on any atom is 0.261 e. The third-order valence-corrected chi connectivity index (χ3v) is 5.78. The van der Waals surface area contributed by atoms with E-state index in [-0.39, 0.29) is 11.8 Å². The number of rotatable bonds is 6. The van der Waals surface area contributed by atoms with Crippen molar-refractivity contribution in [2.24, 2.45) is 17.6 Å². The van der Waals surface area contributed by atoms with Crippen molar-refractivity contribution < 1.29 is 14.1 Å². The Kier molecular flexibility index (Phi) is 6.69. The van der Waals surface area contributed by atoms with Crippen LogP contribution in [0.25, 0.3) is 0 Å². The molecule has 0 spiro atoms. The molecule has 29 heavy (non-hydrogen) atoms. The van der Waals surface area contributed by atoms with Crippen LogP contribution in [0, 0.1) is 32.6 Å². The fourth-order valence-corrected chi connectivity index (χ4v) is 4.03. The van der Waals surface area contributed by atoms with Gasteiger partial charge in [-0.2, -0.15) is 0 Å². The highest BCUT2D eigenvalue weighted by molar-refractivity contribution is 6.06. The van der Waals surface area contributed by atoms with Crippen molar-refractivity contribution in [2.75, 3.05) is 18.4 Å². The molecule has 2 unspecified atom stereocenters. The molecule has 0 aliphatic heterocycles. The molecule has 1 aliphatic rings. The van der Waals surface area contributed by atoms with Crippen LogP contribution in [0.1, 0.15) is 63.4 Å². The Hall–Kier alpha value is -2.67. The number of carbonyl (C=O) groups is 2. The van der Waals surface area contributed by atoms with Crippen LogP contribution in [0.2, 0.25) is 0 Å². The maximum atomic E-state index is 12.7. The van der Waals surface area contributed by atoms with Gasteiger partial charge in [0.05, 0.1) is 5.69 Å². The van der Waals surface area contributed by atoms with Crippen molar-refractivity contribution in [1.29, 1.82) is 0 Å². The quantitative estimate of drug-likeness (QED) is 0.691. The molecule has 1 saturated carbocycles. The van der Waals surface area contributed by atoms with E-state index < -0.39 is 0 Å². The zero-order valence-electron chi connectivity index (χ0n) is 17.4. The highest BCUT2D eigenvalue weighted by Crippen LogP contribution is 2.28. The van der Waals surface area contributed by atoms with Gasteiger partial charge in [-0.3, -0.25) is 9.59 Å². The summed E-state index contributed by atoms with van der Waals surface area (Å²) >= 11 is 0. The van der Waals surface area contributed by atoms with Gasteiger partial charge in [0.25, 0.3) is 11.8 Å². The minimum absolute atomic E-state index is 0.132. The van der Waals surface area contributed by atoms with Gasteiger partial charge in [-0.05, 0) is 76.1 Å². The summed E-state index contributed by atoms with van der Waals surface area (Å²) in [5.41, 5.74) is 8.76. The highest BCUT2D eigenvalue weighted by atomic mass is 16.5. The molecule has 1 heterocycles. The molecule has 0 radical (unpaired) electrons. The number of anilines is 1. The van der Waals surface area contributed by atoms with Gasteiger partial charge in [-0.25, -0.2) is 0 Å². The van der Waals surface area contributed by atoms with Gasteiger partial charge in [0.15, 0.2) is 0 Å². The molecule has 1 fully saturated rings. The van der Waals surface area contributed by atoms with Gasteiger partial charge in [0, 0.05) is 17.8 Å². The summed E-state index contributed by atoms with van der Waals surface area (Å²) in [7, 11) is 0. The average Bonchev–Trinajstić information content (AvgIpc) is 3.06. The molecule has 0 saturated heterocycles. The average molecular weight is 399 g/mol. The first-order chi connectivity index (χ1) is 13.9. The number of nitrogens with two attached hydrogens (primary N) is 1. The molecule has 7 heteroatoms. The van der Waals surface area contributed by atoms with Crippen molar-refractivity contribution in [2.45, 2.75) is 46.5 Å². The lowest BCUT2D eigenvalue weighted by Crippen LogP contribution is -2.33. The maximum absolute atomic E-state index is 12.7. The topological polar surface area (TPSA) is 110 Å². The summed E-state index contributed by atoms with van der Waals surface area (Å²) in [6.45, 7) is 6.69. The van der Waals surface area contributed by atoms with Crippen LogP contribution in [0.4, 0.5) is 5.69 Å². The monoisotopic (exact) mass is 398 g/mol. The molecule has 4 N–H and O–H groups in total. The van der Waals surface area contributed by atoms with Crippen LogP contribution in [0.5, 0.6) is 0 Å².